The van der Waals surface area contributed by atoms with Crippen molar-refractivity contribution < 1.29 is 76.6 Å². The van der Waals surface area contributed by atoms with Gasteiger partial charge in [-0.25, -0.2) is 9.13 Å². The Hall–Kier alpha value is -2.18. The summed E-state index contributed by atoms with van der Waals surface area (Å²) in [6, 6.07) is -1.22. The number of unbranched alkanes of at least 4 members (excludes halogenated alkanes) is 16. The average Bonchev–Trinajstić information content (AvgIpc) is 3.31. The number of aliphatic hydroxyl groups is 2. The maximum absolute atomic E-state index is 13.1. The molecule has 0 rings (SSSR count). The number of phosphoric acid groups is 2. The summed E-state index contributed by atoms with van der Waals surface area (Å²) in [6.45, 7) is 3.54. The first kappa shape index (κ1) is 67.8. The molecule has 0 aliphatic rings. The van der Waals surface area contributed by atoms with Gasteiger partial charge in [0.25, 0.3) is 0 Å². The molecule has 0 aromatic carbocycles. The van der Waals surface area contributed by atoms with E-state index < -0.39 is 89.6 Å². The van der Waals surface area contributed by atoms with Crippen molar-refractivity contribution in [3.63, 3.8) is 0 Å². The molecule has 17 nitrogen and oxygen atoms in total. The summed E-state index contributed by atoms with van der Waals surface area (Å²) < 4.78 is 48.1. The molecule has 2 unspecified atom stereocenters. The normalized spacial score (nSPS) is 15.9. The van der Waals surface area contributed by atoms with Crippen LogP contribution in [0.15, 0.2) is 48.6 Å². The zero-order chi connectivity index (χ0) is 52.3. The van der Waals surface area contributed by atoms with Gasteiger partial charge in [0.2, 0.25) is 0 Å². The topological polar surface area (TPSA) is 279 Å². The molecule has 0 fully saturated rings. The third-order valence-electron chi connectivity index (χ3n) is 11.2. The monoisotopic (exact) mass is 1060 g/mol. The molecule has 0 aliphatic heterocycles. The van der Waals surface area contributed by atoms with Gasteiger partial charge in [0.1, 0.15) is 18.8 Å². The first-order chi connectivity index (χ1) is 33.4. The van der Waals surface area contributed by atoms with Crippen LogP contribution in [-0.4, -0.2) is 110 Å². The summed E-state index contributed by atoms with van der Waals surface area (Å²) in [5, 5.41) is 29.3. The van der Waals surface area contributed by atoms with Gasteiger partial charge < -0.3 is 45.2 Å². The van der Waals surface area contributed by atoms with Gasteiger partial charge in [0, 0.05) is 23.8 Å². The number of carboxylic acids is 1. The van der Waals surface area contributed by atoms with Crippen LogP contribution in [0.4, 0.5) is 0 Å². The van der Waals surface area contributed by atoms with Crippen molar-refractivity contribution in [1.82, 2.24) is 0 Å². The Balaban J connectivity index is 5.23. The van der Waals surface area contributed by atoms with E-state index in [2.05, 4.69) is 37.4 Å². The molecular weight excluding hydrogens is 965 g/mol. The number of carboxylic acid groups (broad SMARTS) is 1. The van der Waals surface area contributed by atoms with Crippen LogP contribution >= 0.6 is 27.4 Å². The average molecular weight is 1060 g/mol. The van der Waals surface area contributed by atoms with Gasteiger partial charge in [-0.1, -0.05) is 179 Å². The molecule has 408 valence electrons. The van der Waals surface area contributed by atoms with E-state index >= 15 is 0 Å². The van der Waals surface area contributed by atoms with Crippen molar-refractivity contribution in [1.29, 1.82) is 0 Å². The Morgan fingerprint density at radius 3 is 1.84 bits per heavy atom. The van der Waals surface area contributed by atoms with E-state index in [1.807, 2.05) is 18.2 Å². The van der Waals surface area contributed by atoms with Gasteiger partial charge in [-0.15, -0.1) is 11.8 Å². The van der Waals surface area contributed by atoms with E-state index in [0.717, 1.165) is 56.2 Å². The quantitative estimate of drug-likeness (QED) is 0.00980. The van der Waals surface area contributed by atoms with Crippen molar-refractivity contribution in [2.24, 2.45) is 11.7 Å². The second-order valence-corrected chi connectivity index (χ2v) is 21.8. The van der Waals surface area contributed by atoms with Crippen LogP contribution in [0.25, 0.3) is 0 Å². The van der Waals surface area contributed by atoms with E-state index in [1.165, 1.54) is 89.9 Å². The molecule has 20 heteroatoms. The number of aliphatic hydroxyl groups excluding tert-OH is 2. The number of phosphoric ester groups is 2. The van der Waals surface area contributed by atoms with Gasteiger partial charge in [-0.3, -0.25) is 28.0 Å². The van der Waals surface area contributed by atoms with Gasteiger partial charge in [0.15, 0.2) is 6.10 Å². The number of thioether (sulfide) groups is 1. The largest absolute Gasteiger partial charge is 0.481 e. The molecule has 0 heterocycles. The molecule has 0 aromatic heterocycles. The van der Waals surface area contributed by atoms with E-state index in [4.69, 9.17) is 39.1 Å². The zero-order valence-electron chi connectivity index (χ0n) is 42.4. The van der Waals surface area contributed by atoms with Crippen LogP contribution in [0.3, 0.4) is 0 Å². The lowest BCUT2D eigenvalue weighted by Gasteiger charge is -2.22. The van der Waals surface area contributed by atoms with Crippen molar-refractivity contribution in [2.45, 2.75) is 211 Å². The SMILES string of the molecule is CCCCC/C=C\C\C=C/C=C/C=C/[C@@H](SC[C@H](N)C(=O)OC[C@H](COP(=O)(O)OC[C@@H](O)COP(=O)(O)O)OC(=O)CCCCCCCCCCCCCCCCC(C)CC)[C@@H](O)CCCC(=O)O. The molecule has 0 aromatic rings. The van der Waals surface area contributed by atoms with Crippen LogP contribution in [0.5, 0.6) is 0 Å². The summed E-state index contributed by atoms with van der Waals surface area (Å²) in [5.74, 6) is -1.74. The summed E-state index contributed by atoms with van der Waals surface area (Å²) in [6.07, 6.45) is 35.7. The highest BCUT2D eigenvalue weighted by atomic mass is 32.2. The Morgan fingerprint density at radius 1 is 0.657 bits per heavy atom. The number of rotatable bonds is 48. The number of hydrogen-bond donors (Lipinski definition) is 7. The van der Waals surface area contributed by atoms with E-state index in [9.17, 15) is 38.6 Å². The molecule has 0 radical (unpaired) electrons. The number of carbonyl (C=O) groups excluding carboxylic acids is 2. The lowest BCUT2D eigenvalue weighted by atomic mass is 9.99. The number of nitrogens with two attached hydrogens (primary N) is 1. The molecular formula is C50H91NO16P2S. The van der Waals surface area contributed by atoms with Crippen LogP contribution in [0.1, 0.15) is 181 Å². The highest BCUT2D eigenvalue weighted by molar-refractivity contribution is 8.00. The Kier molecular flexibility index (Phi) is 42.9. The van der Waals surface area contributed by atoms with Crippen molar-refractivity contribution in [2.75, 3.05) is 32.2 Å². The van der Waals surface area contributed by atoms with Crippen molar-refractivity contribution >= 4 is 45.3 Å². The smallest absolute Gasteiger partial charge is 0.472 e. The van der Waals surface area contributed by atoms with Crippen molar-refractivity contribution in [3.05, 3.63) is 48.6 Å². The summed E-state index contributed by atoms with van der Waals surface area (Å²) >= 11 is 1.16. The minimum absolute atomic E-state index is 0.0223. The van der Waals surface area contributed by atoms with Crippen LogP contribution in [0, 0.1) is 5.92 Å². The molecule has 0 aliphatic carbocycles. The second-order valence-electron chi connectivity index (χ2n) is 17.9. The number of esters is 2. The summed E-state index contributed by atoms with van der Waals surface area (Å²) in [7, 11) is -9.87. The minimum Gasteiger partial charge on any atom is -0.481 e. The maximum atomic E-state index is 13.1. The fourth-order valence-electron chi connectivity index (χ4n) is 6.83. The lowest BCUT2D eigenvalue weighted by molar-refractivity contribution is -0.161. The highest BCUT2D eigenvalue weighted by Gasteiger charge is 2.29. The first-order valence-corrected chi connectivity index (χ1v) is 29.7. The van der Waals surface area contributed by atoms with Crippen LogP contribution in [-0.2, 0) is 46.6 Å². The number of hydrogen-bond acceptors (Lipinski definition) is 14. The Labute approximate surface area is 423 Å². The third-order valence-corrected chi connectivity index (χ3v) is 14.1. The molecule has 7 atom stereocenters. The number of carbonyl (C=O) groups is 3. The summed E-state index contributed by atoms with van der Waals surface area (Å²) in [4.78, 5) is 64.8. The molecule has 0 saturated heterocycles. The number of ether oxygens (including phenoxy) is 2. The predicted molar refractivity (Wildman–Crippen MR) is 277 cm³/mol. The van der Waals surface area contributed by atoms with Crippen LogP contribution < -0.4 is 5.73 Å². The molecule has 0 spiro atoms. The predicted octanol–water partition coefficient (Wildman–Crippen LogP) is 10.6. The Bertz CT molecular complexity index is 1560. The van der Waals surface area contributed by atoms with Gasteiger partial charge in [-0.05, 0) is 44.4 Å². The molecule has 0 amide bonds. The Morgan fingerprint density at radius 2 is 1.24 bits per heavy atom. The number of allylic oxidation sites excluding steroid dienone is 7. The number of aliphatic carboxylic acids is 1. The highest BCUT2D eigenvalue weighted by Crippen LogP contribution is 2.44. The van der Waals surface area contributed by atoms with E-state index in [-0.39, 0.29) is 31.4 Å². The zero-order valence-corrected chi connectivity index (χ0v) is 45.0. The second kappa shape index (κ2) is 44.3. The summed E-state index contributed by atoms with van der Waals surface area (Å²) in [5.41, 5.74) is 6.17. The fourth-order valence-corrected chi connectivity index (χ4v) is 9.11. The first-order valence-electron chi connectivity index (χ1n) is 25.7. The molecule has 0 bridgehead atoms. The lowest BCUT2D eigenvalue weighted by Crippen LogP contribution is -2.38. The molecule has 70 heavy (non-hydrogen) atoms. The third kappa shape index (κ3) is 44.5. The molecule has 0 saturated carbocycles. The standard InChI is InChI=1S/C50H91NO16P2S/c1-4-6-7-8-9-10-11-17-20-23-26-29-34-47(46(53)33-31-35-48(54)55)70-41-45(51)50(57)63-39-44(40-66-69(61,62)65-38-43(52)37-64-68(58,59)60)67-49(56)36-30-27-24-21-18-15-13-12-14-16-19-22-25-28-32-42(3)5-2/h9-10,17,20,23,26,29,34,42-47,52-53H,4-8,11-16,18-19,21-22,24-25,27-28,30-33,35-41,51H2,1-3H3,(H,54,55)(H,61,62)(H2,58,59,60)/b10-9-,20-17-,26-23+,34-29+/t42?,43-,44+,45-,46-,47+/m0/s1. The minimum atomic E-state index is -4.95. The van der Waals surface area contributed by atoms with Crippen LogP contribution in [0.2, 0.25) is 0 Å². The maximum Gasteiger partial charge on any atom is 0.472 e. The van der Waals surface area contributed by atoms with Gasteiger partial charge in [0.05, 0.1) is 25.9 Å². The van der Waals surface area contributed by atoms with Gasteiger partial charge >= 0.3 is 33.6 Å². The van der Waals surface area contributed by atoms with Crippen molar-refractivity contribution in [3.8, 4) is 0 Å². The molecule has 8 N–H and O–H groups in total. The van der Waals surface area contributed by atoms with E-state index in [1.54, 1.807) is 18.2 Å². The van der Waals surface area contributed by atoms with E-state index in [0.29, 0.717) is 6.42 Å². The van der Waals surface area contributed by atoms with Gasteiger partial charge in [-0.2, -0.15) is 0 Å². The fraction of sp³-hybridized carbons (Fsp3) is 0.780.